The van der Waals surface area contributed by atoms with E-state index in [4.69, 9.17) is 11.0 Å². The monoisotopic (exact) mass is 401 g/mol. The molecule has 0 unspecified atom stereocenters. The van der Waals surface area contributed by atoms with Gasteiger partial charge in [0.25, 0.3) is 20.2 Å². The van der Waals surface area contributed by atoms with Crippen molar-refractivity contribution < 1.29 is 40.9 Å². The highest BCUT2D eigenvalue weighted by atomic mass is 32.2. The van der Waals surface area contributed by atoms with Gasteiger partial charge in [-0.3, -0.25) is 8.37 Å². The van der Waals surface area contributed by atoms with Crippen LogP contribution in [0, 0.1) is 12.1 Å². The van der Waals surface area contributed by atoms with Crippen molar-refractivity contribution in [2.75, 3.05) is 14.2 Å². The molecule has 0 N–H and O–H groups in total. The molecule has 0 radical (unpaired) electrons. The normalized spacial score (nSPS) is 20.2. The van der Waals surface area contributed by atoms with Crippen molar-refractivity contribution in [1.82, 2.24) is 0 Å². The van der Waals surface area contributed by atoms with E-state index < -0.39 is 71.5 Å². The van der Waals surface area contributed by atoms with Gasteiger partial charge >= 0.3 is 0 Å². The molecule has 0 heterocycles. The number of hydrogen-bond donors (Lipinski definition) is 0. The van der Waals surface area contributed by atoms with Crippen LogP contribution in [0.5, 0.6) is 0 Å². The molecule has 1 aromatic carbocycles. The summed E-state index contributed by atoms with van der Waals surface area (Å²) in [5, 5.41) is 13.1. The highest BCUT2D eigenvalue weighted by Crippen LogP contribution is 2.28. The zero-order valence-electron chi connectivity index (χ0n) is 21.9. The highest BCUT2D eigenvalue weighted by molar-refractivity contribution is 7.87. The van der Waals surface area contributed by atoms with Gasteiger partial charge in [-0.15, -0.1) is 0 Å². The molecule has 1 aromatic rings. The molecule has 0 amide bonds. The van der Waals surface area contributed by atoms with Crippen LogP contribution >= 0.6 is 0 Å². The van der Waals surface area contributed by atoms with Crippen LogP contribution in [0.3, 0.4) is 0 Å². The molecule has 0 aliphatic rings. The Morgan fingerprint density at radius 1 is 1.24 bits per heavy atom. The number of hydroxylamine groups is 1. The van der Waals surface area contributed by atoms with Crippen molar-refractivity contribution in [3.8, 4) is 0 Å². The number of nitrogens with zero attached hydrogens (tertiary/aromatic N) is 1. The minimum Gasteiger partial charge on any atom is -0.623 e. The third kappa shape index (κ3) is 4.38. The zero-order valence-corrected chi connectivity index (χ0v) is 15.5. The first-order valence-corrected chi connectivity index (χ1v) is 9.40. The molecule has 0 atom stereocenters. The molecule has 0 bridgehead atoms. The summed E-state index contributed by atoms with van der Waals surface area (Å²) in [6, 6.07) is 1.65. The lowest BCUT2D eigenvalue weighted by Gasteiger charge is -2.22. The summed E-state index contributed by atoms with van der Waals surface area (Å²) in [6.45, 7) is -5.80. The Kier molecular flexibility index (Phi) is 3.55. The predicted molar refractivity (Wildman–Crippen MR) is 92.7 cm³/mol. The van der Waals surface area contributed by atoms with E-state index in [-0.39, 0.29) is 6.21 Å². The van der Waals surface area contributed by atoms with E-state index in [0.29, 0.717) is 6.92 Å². The Balaban J connectivity index is 4.23. The smallest absolute Gasteiger partial charge is 0.297 e. The Labute approximate surface area is 160 Å². The fraction of sp³-hybridized carbons (Fsp3) is 0.533. The summed E-state index contributed by atoms with van der Waals surface area (Å²) in [5.41, 5.74) is -4.76. The van der Waals surface area contributed by atoms with Crippen LogP contribution in [0.2, 0.25) is 0 Å². The van der Waals surface area contributed by atoms with Gasteiger partial charge < -0.3 is 5.21 Å². The molecular weight excluding hydrogens is 370 g/mol. The lowest BCUT2D eigenvalue weighted by Crippen LogP contribution is -2.32. The summed E-state index contributed by atoms with van der Waals surface area (Å²) in [7, 11) is -7.61. The third-order valence-corrected chi connectivity index (χ3v) is 6.19. The van der Waals surface area contributed by atoms with Crippen LogP contribution < -0.4 is 0 Å². The fourth-order valence-electron chi connectivity index (χ4n) is 1.91. The zero-order chi connectivity index (χ0) is 26.4. The Hall–Kier alpha value is -1.49. The van der Waals surface area contributed by atoms with E-state index in [1.807, 2.05) is 0 Å². The fourth-order valence-corrected chi connectivity index (χ4v) is 3.92. The van der Waals surface area contributed by atoms with E-state index in [9.17, 15) is 22.0 Å². The second kappa shape index (κ2) is 7.40. The van der Waals surface area contributed by atoms with Crippen LogP contribution in [0.1, 0.15) is 49.1 Å². The highest BCUT2D eigenvalue weighted by Gasteiger charge is 2.30. The molecule has 142 valence electrons. The first-order chi connectivity index (χ1) is 14.5. The van der Waals surface area contributed by atoms with Crippen LogP contribution in [-0.2, 0) is 28.6 Å². The molecule has 0 aliphatic heterocycles. The van der Waals surface area contributed by atoms with Crippen molar-refractivity contribution in [1.29, 1.82) is 0 Å². The maximum Gasteiger partial charge on any atom is 0.297 e. The van der Waals surface area contributed by atoms with Gasteiger partial charge in [-0.25, -0.2) is 4.74 Å². The standard InChI is InChI=1S/C15H23NO7S2/c1-7-15(3,4)16(17)10-12-8-9-13(24(18,19)22-5)11(2)14(12)25(20,21)23-6/h8-10H,7H2,1-6H3/b16-10-/i3D3,4D3,7D2. The van der Waals surface area contributed by atoms with Gasteiger partial charge in [0.1, 0.15) is 4.90 Å². The van der Waals surface area contributed by atoms with Crippen LogP contribution in [0.25, 0.3) is 0 Å². The quantitative estimate of drug-likeness (QED) is 0.225. The van der Waals surface area contributed by atoms with E-state index in [0.717, 1.165) is 33.3 Å². The van der Waals surface area contributed by atoms with Gasteiger partial charge in [0, 0.05) is 31.0 Å². The number of hydrogen-bond acceptors (Lipinski definition) is 7. The molecule has 8 nitrogen and oxygen atoms in total. The summed E-state index contributed by atoms with van der Waals surface area (Å²) < 4.78 is 119. The first kappa shape index (κ1) is 12.0. The van der Waals surface area contributed by atoms with Crippen molar-refractivity contribution in [3.63, 3.8) is 0 Å². The third-order valence-electron chi connectivity index (χ3n) is 3.29. The average molecular weight is 402 g/mol. The van der Waals surface area contributed by atoms with E-state index in [1.165, 1.54) is 0 Å². The number of rotatable bonds is 7. The molecule has 10 heteroatoms. The molecule has 0 fully saturated rings. The molecule has 25 heavy (non-hydrogen) atoms. The van der Waals surface area contributed by atoms with E-state index >= 15 is 0 Å². The van der Waals surface area contributed by atoms with Gasteiger partial charge in [-0.05, 0) is 24.6 Å². The lowest BCUT2D eigenvalue weighted by molar-refractivity contribution is -0.536. The summed E-state index contributed by atoms with van der Waals surface area (Å²) in [5.74, 6) is 0. The largest absolute Gasteiger partial charge is 0.623 e. The molecule has 0 saturated heterocycles. The molecule has 1 rings (SSSR count). The van der Waals surface area contributed by atoms with Gasteiger partial charge in [0.05, 0.1) is 24.7 Å². The molecule has 0 spiro atoms. The van der Waals surface area contributed by atoms with Crippen molar-refractivity contribution in [2.24, 2.45) is 0 Å². The topological polar surface area (TPSA) is 113 Å². The van der Waals surface area contributed by atoms with Gasteiger partial charge in [0.15, 0.2) is 11.8 Å². The number of benzene rings is 1. The Bertz CT molecular complexity index is 1110. The van der Waals surface area contributed by atoms with Crippen molar-refractivity contribution in [3.05, 3.63) is 28.5 Å². The molecule has 0 aliphatic carbocycles. The second-order valence-electron chi connectivity index (χ2n) is 4.76. The van der Waals surface area contributed by atoms with Crippen molar-refractivity contribution in [2.45, 2.75) is 49.3 Å². The predicted octanol–water partition coefficient (Wildman–Crippen LogP) is 1.78. The minimum absolute atomic E-state index is 0.266. The lowest BCUT2D eigenvalue weighted by atomic mass is 10.0. The van der Waals surface area contributed by atoms with E-state index in [2.05, 4.69) is 8.37 Å². The van der Waals surface area contributed by atoms with Gasteiger partial charge in [-0.2, -0.15) is 16.8 Å². The van der Waals surface area contributed by atoms with E-state index in [1.54, 1.807) is 0 Å². The SMILES string of the molecule is [2H]C([2H])([2H])C(/[N+]([O-])=C/c1ccc(S(=O)(=O)OC)c(C)c1S(=O)(=O)OC)(C([2H])([2H])[2H])C([2H])([2H])C. The molecule has 0 saturated carbocycles. The maximum absolute atomic E-state index is 13.1. The summed E-state index contributed by atoms with van der Waals surface area (Å²) in [4.78, 5) is -1.50. The Morgan fingerprint density at radius 2 is 1.80 bits per heavy atom. The Morgan fingerprint density at radius 3 is 2.24 bits per heavy atom. The minimum atomic E-state index is -4.74. The average Bonchev–Trinajstić information content (AvgIpc) is 2.57. The summed E-state index contributed by atoms with van der Waals surface area (Å²) >= 11 is 0. The first-order valence-electron chi connectivity index (χ1n) is 10.6. The van der Waals surface area contributed by atoms with Crippen molar-refractivity contribution >= 4 is 26.5 Å². The maximum atomic E-state index is 13.1. The van der Waals surface area contributed by atoms with Gasteiger partial charge in [0.2, 0.25) is 0 Å². The van der Waals surface area contributed by atoms with Crippen LogP contribution in [0.15, 0.2) is 21.9 Å². The molecular formula is C15H23NO7S2. The van der Waals surface area contributed by atoms with Crippen LogP contribution in [0.4, 0.5) is 0 Å². The molecule has 0 aromatic heterocycles. The summed E-state index contributed by atoms with van der Waals surface area (Å²) in [6.07, 6.45) is -2.89. The second-order valence-corrected chi connectivity index (χ2v) is 8.10. The van der Waals surface area contributed by atoms with Gasteiger partial charge in [-0.1, -0.05) is 6.92 Å². The van der Waals surface area contributed by atoms with Crippen LogP contribution in [-0.4, -0.2) is 47.5 Å².